The lowest BCUT2D eigenvalue weighted by Gasteiger charge is -1.93. The lowest BCUT2D eigenvalue weighted by Crippen LogP contribution is -2.01. The van der Waals surface area contributed by atoms with Crippen molar-refractivity contribution >= 4 is 5.97 Å². The zero-order valence-electron chi connectivity index (χ0n) is 6.13. The number of methoxy groups -OCH3 is 1. The quantitative estimate of drug-likeness (QED) is 0.603. The number of carbonyl (C=O) groups excluding carboxylic acids is 1. The number of esters is 1. The molecule has 0 amide bonds. The molecular formula is C7H9NO3. The van der Waals surface area contributed by atoms with E-state index in [-0.39, 0.29) is 6.61 Å². The topological polar surface area (TPSA) is 62.3 Å². The zero-order valence-corrected chi connectivity index (χ0v) is 6.13. The highest BCUT2D eigenvalue weighted by Crippen LogP contribution is 2.02. The van der Waals surface area contributed by atoms with Crippen molar-refractivity contribution in [3.8, 4) is 0 Å². The Morgan fingerprint density at radius 1 is 1.73 bits per heavy atom. The second-order valence-electron chi connectivity index (χ2n) is 2.05. The summed E-state index contributed by atoms with van der Waals surface area (Å²) in [7, 11) is 1.31. The van der Waals surface area contributed by atoms with Gasteiger partial charge in [0.15, 0.2) is 0 Å². The number of aromatic nitrogens is 1. The van der Waals surface area contributed by atoms with Crippen molar-refractivity contribution in [3.63, 3.8) is 0 Å². The van der Waals surface area contributed by atoms with Crippen molar-refractivity contribution in [1.29, 1.82) is 0 Å². The first-order valence-corrected chi connectivity index (χ1v) is 3.15. The standard InChI is InChI=1S/C7H9NO3/c1-11-7(10)6-3-2-5(4-9)8-6/h2-3,8-9H,4H2,1H3. The summed E-state index contributed by atoms with van der Waals surface area (Å²) in [6.07, 6.45) is 0. The van der Waals surface area contributed by atoms with Crippen LogP contribution in [0.4, 0.5) is 0 Å². The van der Waals surface area contributed by atoms with Crippen LogP contribution >= 0.6 is 0 Å². The number of aliphatic hydroxyl groups is 1. The fourth-order valence-corrected chi connectivity index (χ4v) is 0.761. The van der Waals surface area contributed by atoms with Gasteiger partial charge in [0.25, 0.3) is 0 Å². The molecule has 0 bridgehead atoms. The molecule has 0 aliphatic rings. The molecule has 11 heavy (non-hydrogen) atoms. The molecule has 4 heteroatoms. The first kappa shape index (κ1) is 7.81. The predicted molar refractivity (Wildman–Crippen MR) is 38.1 cm³/mol. The number of aromatic amines is 1. The predicted octanol–water partition coefficient (Wildman–Crippen LogP) is 0.294. The van der Waals surface area contributed by atoms with Gasteiger partial charge in [-0.2, -0.15) is 0 Å². The molecule has 60 valence electrons. The fraction of sp³-hybridized carbons (Fsp3) is 0.286. The van der Waals surface area contributed by atoms with Crippen LogP contribution in [0.15, 0.2) is 12.1 Å². The molecule has 0 unspecified atom stereocenters. The molecule has 4 nitrogen and oxygen atoms in total. The van der Waals surface area contributed by atoms with Crippen molar-refractivity contribution in [2.24, 2.45) is 0 Å². The first-order chi connectivity index (χ1) is 5.27. The monoisotopic (exact) mass is 155 g/mol. The number of rotatable bonds is 2. The Bertz CT molecular complexity index is 254. The highest BCUT2D eigenvalue weighted by molar-refractivity contribution is 5.87. The lowest BCUT2D eigenvalue weighted by atomic mass is 10.4. The minimum Gasteiger partial charge on any atom is -0.464 e. The Hall–Kier alpha value is -1.29. The van der Waals surface area contributed by atoms with Crippen LogP contribution in [0.1, 0.15) is 16.2 Å². The Balaban J connectivity index is 2.80. The molecule has 1 rings (SSSR count). The van der Waals surface area contributed by atoms with Crippen LogP contribution < -0.4 is 0 Å². The molecule has 0 spiro atoms. The van der Waals surface area contributed by atoms with Gasteiger partial charge in [-0.15, -0.1) is 0 Å². The molecule has 0 atom stereocenters. The Kier molecular flexibility index (Phi) is 2.28. The van der Waals surface area contributed by atoms with Crippen molar-refractivity contribution in [2.45, 2.75) is 6.61 Å². The number of hydrogen-bond acceptors (Lipinski definition) is 3. The number of H-pyrrole nitrogens is 1. The molecule has 0 aliphatic carbocycles. The highest BCUT2D eigenvalue weighted by atomic mass is 16.5. The van der Waals surface area contributed by atoms with E-state index in [1.165, 1.54) is 7.11 Å². The van der Waals surface area contributed by atoms with Crippen LogP contribution in [-0.4, -0.2) is 23.2 Å². The lowest BCUT2D eigenvalue weighted by molar-refractivity contribution is 0.0594. The zero-order chi connectivity index (χ0) is 8.27. The van der Waals surface area contributed by atoms with Crippen LogP contribution in [0, 0.1) is 0 Å². The van der Waals surface area contributed by atoms with Crippen LogP contribution in [0.5, 0.6) is 0 Å². The average molecular weight is 155 g/mol. The van der Waals surface area contributed by atoms with Gasteiger partial charge in [0.05, 0.1) is 13.7 Å². The van der Waals surface area contributed by atoms with Crippen molar-refractivity contribution in [1.82, 2.24) is 4.98 Å². The molecule has 1 aromatic rings. The van der Waals surface area contributed by atoms with Crippen LogP contribution in [0.3, 0.4) is 0 Å². The van der Waals surface area contributed by atoms with E-state index >= 15 is 0 Å². The van der Waals surface area contributed by atoms with Gasteiger partial charge in [0.2, 0.25) is 0 Å². The number of nitrogens with one attached hydrogen (secondary N) is 1. The maximum Gasteiger partial charge on any atom is 0.354 e. The molecule has 1 aromatic heterocycles. The summed E-state index contributed by atoms with van der Waals surface area (Å²) in [6, 6.07) is 3.20. The van der Waals surface area contributed by atoms with E-state index in [4.69, 9.17) is 5.11 Å². The SMILES string of the molecule is COC(=O)c1ccc(CO)[nH]1. The third-order valence-corrected chi connectivity index (χ3v) is 1.32. The molecular weight excluding hydrogens is 146 g/mol. The van der Waals surface area contributed by atoms with Gasteiger partial charge in [0.1, 0.15) is 5.69 Å². The van der Waals surface area contributed by atoms with Gasteiger partial charge in [-0.25, -0.2) is 4.79 Å². The molecule has 0 saturated heterocycles. The summed E-state index contributed by atoms with van der Waals surface area (Å²) < 4.78 is 4.44. The third-order valence-electron chi connectivity index (χ3n) is 1.32. The van der Waals surface area contributed by atoms with Gasteiger partial charge < -0.3 is 14.8 Å². The van der Waals surface area contributed by atoms with Crippen molar-refractivity contribution in [3.05, 3.63) is 23.5 Å². The summed E-state index contributed by atoms with van der Waals surface area (Å²) in [4.78, 5) is 13.5. The number of aliphatic hydroxyl groups excluding tert-OH is 1. The highest BCUT2D eigenvalue weighted by Gasteiger charge is 2.06. The molecule has 1 heterocycles. The summed E-state index contributed by atoms with van der Waals surface area (Å²) >= 11 is 0. The summed E-state index contributed by atoms with van der Waals surface area (Å²) in [6.45, 7) is -0.100. The molecule has 0 aliphatic heterocycles. The minimum atomic E-state index is -0.426. The minimum absolute atomic E-state index is 0.100. The second-order valence-corrected chi connectivity index (χ2v) is 2.05. The van der Waals surface area contributed by atoms with E-state index in [2.05, 4.69) is 9.72 Å². The molecule has 0 fully saturated rings. The van der Waals surface area contributed by atoms with Gasteiger partial charge in [-0.1, -0.05) is 0 Å². The number of carbonyl (C=O) groups is 1. The summed E-state index contributed by atoms with van der Waals surface area (Å²) in [5.41, 5.74) is 0.960. The molecule has 0 aromatic carbocycles. The first-order valence-electron chi connectivity index (χ1n) is 3.15. The van der Waals surface area contributed by atoms with Crippen LogP contribution in [0.2, 0.25) is 0 Å². The Labute approximate surface area is 63.8 Å². The number of hydrogen-bond donors (Lipinski definition) is 2. The molecule has 2 N–H and O–H groups in total. The van der Waals surface area contributed by atoms with Gasteiger partial charge in [-0.3, -0.25) is 0 Å². The Morgan fingerprint density at radius 2 is 2.45 bits per heavy atom. The average Bonchev–Trinajstić information content (AvgIpc) is 2.50. The fourth-order valence-electron chi connectivity index (χ4n) is 0.761. The van der Waals surface area contributed by atoms with Gasteiger partial charge >= 0.3 is 5.97 Å². The van der Waals surface area contributed by atoms with E-state index in [0.29, 0.717) is 11.4 Å². The largest absolute Gasteiger partial charge is 0.464 e. The Morgan fingerprint density at radius 3 is 2.91 bits per heavy atom. The van der Waals surface area contributed by atoms with E-state index in [9.17, 15) is 4.79 Å². The maximum atomic E-state index is 10.8. The second kappa shape index (κ2) is 3.21. The summed E-state index contributed by atoms with van der Waals surface area (Å²) in [5.74, 6) is -0.426. The van der Waals surface area contributed by atoms with Crippen LogP contribution in [-0.2, 0) is 11.3 Å². The van der Waals surface area contributed by atoms with E-state index in [1.807, 2.05) is 0 Å². The van der Waals surface area contributed by atoms with E-state index < -0.39 is 5.97 Å². The normalized spacial score (nSPS) is 9.64. The molecule has 0 radical (unpaired) electrons. The number of ether oxygens (including phenoxy) is 1. The van der Waals surface area contributed by atoms with E-state index in [0.717, 1.165) is 0 Å². The van der Waals surface area contributed by atoms with Gasteiger partial charge in [0, 0.05) is 5.69 Å². The summed E-state index contributed by atoms with van der Waals surface area (Å²) in [5, 5.41) is 8.62. The smallest absolute Gasteiger partial charge is 0.354 e. The van der Waals surface area contributed by atoms with Crippen molar-refractivity contribution < 1.29 is 14.6 Å². The van der Waals surface area contributed by atoms with E-state index in [1.54, 1.807) is 12.1 Å². The van der Waals surface area contributed by atoms with Crippen LogP contribution in [0.25, 0.3) is 0 Å². The van der Waals surface area contributed by atoms with Crippen molar-refractivity contribution in [2.75, 3.05) is 7.11 Å². The molecule has 0 saturated carbocycles. The maximum absolute atomic E-state index is 10.8. The third kappa shape index (κ3) is 1.59. The van der Waals surface area contributed by atoms with Gasteiger partial charge in [-0.05, 0) is 12.1 Å².